The molecule has 0 aliphatic carbocycles. The normalized spacial score (nSPS) is 11.9. The van der Waals surface area contributed by atoms with Crippen LogP contribution in [0.4, 0.5) is 4.39 Å². The summed E-state index contributed by atoms with van der Waals surface area (Å²) in [5.41, 5.74) is 0. The van der Waals surface area contributed by atoms with E-state index in [4.69, 9.17) is 0 Å². The van der Waals surface area contributed by atoms with Crippen molar-refractivity contribution < 1.29 is 91.7 Å². The fraction of sp³-hybridized carbons (Fsp3) is 0.846. The topological polar surface area (TPSA) is 126 Å². The summed E-state index contributed by atoms with van der Waals surface area (Å²) < 4.78 is 37.2. The third kappa shape index (κ3) is 17.6. The standard InChI is InChI=1S/C13H24FNO6S.2Na/c14-9-5-3-1-2-4-6-10-22(20,21)15-11(13(18)19)7-8-12(16)17;;/h11,15H,1-10H2,(H,16,17)(H,18,19);;/q;2*+1/p-2/t11-;;/m0../s1. The molecule has 1 atom stereocenters. The maximum absolute atomic E-state index is 11.8. The number of rotatable bonds is 14. The minimum absolute atomic E-state index is 0. The number of carbonyl (C=O) groups is 2. The Morgan fingerprint density at radius 2 is 1.46 bits per heavy atom. The molecule has 0 bridgehead atoms. The number of nitrogens with one attached hydrogen (secondary N) is 1. The molecule has 1 N–H and O–H groups in total. The van der Waals surface area contributed by atoms with Crippen LogP contribution < -0.4 is 74.0 Å². The third-order valence-electron chi connectivity index (χ3n) is 3.04. The van der Waals surface area contributed by atoms with Crippen LogP contribution in [0.1, 0.15) is 51.4 Å². The number of hydrogen-bond acceptors (Lipinski definition) is 6. The smallest absolute Gasteiger partial charge is 0.550 e. The van der Waals surface area contributed by atoms with Crippen molar-refractivity contribution in [3.8, 4) is 0 Å². The minimum atomic E-state index is -3.82. The van der Waals surface area contributed by atoms with Gasteiger partial charge in [0.15, 0.2) is 0 Å². The van der Waals surface area contributed by atoms with E-state index in [1.165, 1.54) is 0 Å². The van der Waals surface area contributed by atoms with E-state index in [2.05, 4.69) is 0 Å². The average Bonchev–Trinajstić information content (AvgIpc) is 2.42. The van der Waals surface area contributed by atoms with Gasteiger partial charge in [-0.25, -0.2) is 13.1 Å². The molecule has 11 heteroatoms. The van der Waals surface area contributed by atoms with Gasteiger partial charge in [0.25, 0.3) is 0 Å². The summed E-state index contributed by atoms with van der Waals surface area (Å²) in [7, 11) is -3.82. The molecular formula is C13H22FNNa2O6S. The number of alkyl halides is 1. The molecule has 130 valence electrons. The predicted molar refractivity (Wildman–Crippen MR) is 73.6 cm³/mol. The van der Waals surface area contributed by atoms with Crippen molar-refractivity contribution in [2.75, 3.05) is 12.4 Å². The third-order valence-corrected chi connectivity index (χ3v) is 4.51. The van der Waals surface area contributed by atoms with Crippen molar-refractivity contribution in [3.05, 3.63) is 0 Å². The molecule has 0 heterocycles. The largest absolute Gasteiger partial charge is 1.00 e. The number of hydrogen-bond donors (Lipinski definition) is 1. The van der Waals surface area contributed by atoms with Crippen molar-refractivity contribution in [2.24, 2.45) is 0 Å². The molecule has 0 saturated carbocycles. The zero-order valence-corrected chi connectivity index (χ0v) is 19.2. The van der Waals surface area contributed by atoms with Gasteiger partial charge in [-0.1, -0.05) is 25.7 Å². The van der Waals surface area contributed by atoms with E-state index in [0.717, 1.165) is 19.3 Å². The Labute approximate surface area is 186 Å². The van der Waals surface area contributed by atoms with E-state index in [-0.39, 0.29) is 71.5 Å². The average molecular weight is 385 g/mol. The minimum Gasteiger partial charge on any atom is -0.550 e. The Kier molecular flexibility index (Phi) is 21.2. The Morgan fingerprint density at radius 1 is 0.958 bits per heavy atom. The van der Waals surface area contributed by atoms with Gasteiger partial charge in [-0.15, -0.1) is 0 Å². The molecule has 0 aliphatic rings. The number of carboxylic acid groups (broad SMARTS) is 2. The second kappa shape index (κ2) is 17.2. The van der Waals surface area contributed by atoms with Crippen LogP contribution in [-0.4, -0.2) is 38.8 Å². The Bertz CT molecular complexity index is 450. The van der Waals surface area contributed by atoms with E-state index < -0.39 is 40.8 Å². The molecule has 0 amide bonds. The van der Waals surface area contributed by atoms with Gasteiger partial charge in [0, 0.05) is 5.97 Å². The van der Waals surface area contributed by atoms with Gasteiger partial charge in [-0.3, -0.25) is 4.39 Å². The summed E-state index contributed by atoms with van der Waals surface area (Å²) >= 11 is 0. The number of carboxylic acids is 2. The van der Waals surface area contributed by atoms with Crippen LogP contribution in [0.25, 0.3) is 0 Å². The van der Waals surface area contributed by atoms with Crippen molar-refractivity contribution in [3.63, 3.8) is 0 Å². The summed E-state index contributed by atoms with van der Waals surface area (Å²) in [6, 6.07) is -1.58. The van der Waals surface area contributed by atoms with Crippen LogP contribution in [0.2, 0.25) is 0 Å². The number of carbonyl (C=O) groups excluding carboxylic acids is 2. The van der Waals surface area contributed by atoms with Crippen LogP contribution in [0, 0.1) is 0 Å². The maximum Gasteiger partial charge on any atom is 1.00 e. The number of unbranched alkanes of at least 4 members (excludes halogenated alkanes) is 5. The number of aliphatic carboxylic acids is 2. The van der Waals surface area contributed by atoms with E-state index in [9.17, 15) is 32.6 Å². The first kappa shape index (κ1) is 29.5. The van der Waals surface area contributed by atoms with Crippen LogP contribution in [0.15, 0.2) is 0 Å². The molecule has 24 heavy (non-hydrogen) atoms. The van der Waals surface area contributed by atoms with Crippen LogP contribution >= 0.6 is 0 Å². The summed E-state index contributed by atoms with van der Waals surface area (Å²) in [5, 5.41) is 21.1. The molecule has 0 unspecified atom stereocenters. The van der Waals surface area contributed by atoms with Crippen LogP contribution in [0.3, 0.4) is 0 Å². The van der Waals surface area contributed by atoms with Crippen molar-refractivity contribution in [1.82, 2.24) is 4.72 Å². The van der Waals surface area contributed by atoms with Gasteiger partial charge in [0.05, 0.1) is 24.4 Å². The molecule has 0 fully saturated rings. The van der Waals surface area contributed by atoms with E-state index in [0.29, 0.717) is 19.3 Å². The molecule has 0 radical (unpaired) electrons. The second-order valence-corrected chi connectivity index (χ2v) is 6.90. The maximum atomic E-state index is 11.8. The monoisotopic (exact) mass is 385 g/mol. The zero-order valence-electron chi connectivity index (χ0n) is 14.4. The van der Waals surface area contributed by atoms with E-state index in [1.54, 1.807) is 0 Å². The van der Waals surface area contributed by atoms with Gasteiger partial charge in [0.1, 0.15) is 0 Å². The van der Waals surface area contributed by atoms with Crippen molar-refractivity contribution >= 4 is 22.0 Å². The van der Waals surface area contributed by atoms with Gasteiger partial charge >= 0.3 is 59.1 Å². The van der Waals surface area contributed by atoms with E-state index >= 15 is 0 Å². The quantitative estimate of drug-likeness (QED) is 0.234. The van der Waals surface area contributed by atoms with Crippen LogP contribution in [-0.2, 0) is 19.6 Å². The zero-order chi connectivity index (χ0) is 17.0. The molecular weight excluding hydrogens is 363 g/mol. The predicted octanol–water partition coefficient (Wildman–Crippen LogP) is -7.13. The summed E-state index contributed by atoms with van der Waals surface area (Å²) in [4.78, 5) is 21.1. The summed E-state index contributed by atoms with van der Waals surface area (Å²) in [5.74, 6) is -3.37. The molecule has 0 aromatic rings. The van der Waals surface area contributed by atoms with Crippen molar-refractivity contribution in [1.29, 1.82) is 0 Å². The fourth-order valence-corrected chi connectivity index (χ4v) is 3.21. The van der Waals surface area contributed by atoms with Crippen molar-refractivity contribution in [2.45, 2.75) is 57.4 Å². The second-order valence-electron chi connectivity index (χ2n) is 5.03. The summed E-state index contributed by atoms with van der Waals surface area (Å²) in [6.45, 7) is -0.352. The molecule has 0 aromatic carbocycles. The molecule has 0 rings (SSSR count). The van der Waals surface area contributed by atoms with Crippen LogP contribution in [0.5, 0.6) is 0 Å². The Hall–Kier alpha value is 0.780. The van der Waals surface area contributed by atoms with Gasteiger partial charge in [0.2, 0.25) is 10.0 Å². The SMILES string of the molecule is O=C([O-])CC[C@H](NS(=O)(=O)CCCCCCCCF)C(=O)[O-].[Na+].[Na+]. The molecule has 0 saturated heterocycles. The van der Waals surface area contributed by atoms with E-state index in [1.807, 2.05) is 4.72 Å². The van der Waals surface area contributed by atoms with Gasteiger partial charge in [-0.2, -0.15) is 0 Å². The summed E-state index contributed by atoms with van der Waals surface area (Å²) in [6.07, 6.45) is 2.87. The molecule has 0 aliphatic heterocycles. The number of sulfonamides is 1. The first-order valence-corrected chi connectivity index (χ1v) is 8.90. The first-order valence-electron chi connectivity index (χ1n) is 7.25. The molecule has 0 aromatic heterocycles. The first-order chi connectivity index (χ1) is 10.3. The number of halogens is 1. The Morgan fingerprint density at radius 3 is 1.92 bits per heavy atom. The fourth-order valence-electron chi connectivity index (χ4n) is 1.86. The molecule has 7 nitrogen and oxygen atoms in total. The van der Waals surface area contributed by atoms with Gasteiger partial charge < -0.3 is 19.8 Å². The van der Waals surface area contributed by atoms with Gasteiger partial charge in [-0.05, 0) is 25.7 Å². The Balaban J connectivity index is -0.00000220. The molecule has 0 spiro atoms.